The summed E-state index contributed by atoms with van der Waals surface area (Å²) in [6.45, 7) is 0.309. The second-order valence-electron chi connectivity index (χ2n) is 11.0. The molecule has 4 heteroatoms. The van der Waals surface area contributed by atoms with E-state index >= 15 is 0 Å². The number of esters is 2. The van der Waals surface area contributed by atoms with E-state index in [1.807, 2.05) is 60.7 Å². The monoisotopic (exact) mass is 518 g/mol. The molecule has 2 saturated carbocycles. The lowest BCUT2D eigenvalue weighted by atomic mass is 9.80. The minimum Gasteiger partial charge on any atom is -0.460 e. The summed E-state index contributed by atoms with van der Waals surface area (Å²) in [6.07, 6.45) is 3.93. The van der Waals surface area contributed by atoms with Gasteiger partial charge >= 0.3 is 11.9 Å². The summed E-state index contributed by atoms with van der Waals surface area (Å²) in [6, 6.07) is 34.4. The molecule has 198 valence electrons. The van der Waals surface area contributed by atoms with Gasteiger partial charge in [0, 0.05) is 0 Å². The maximum Gasteiger partial charge on any atom is 0.320 e. The average molecular weight is 519 g/mol. The van der Waals surface area contributed by atoms with Crippen LogP contribution in [0, 0.1) is 23.7 Å². The largest absolute Gasteiger partial charge is 0.460 e. The summed E-state index contributed by atoms with van der Waals surface area (Å²) in [5.74, 6) is -0.709. The molecule has 0 amide bonds. The highest BCUT2D eigenvalue weighted by Crippen LogP contribution is 2.57. The molecule has 0 aliphatic heterocycles. The molecule has 0 bridgehead atoms. The van der Waals surface area contributed by atoms with Crippen molar-refractivity contribution in [1.29, 1.82) is 0 Å². The number of ether oxygens (including phenoxy) is 2. The lowest BCUT2D eigenvalue weighted by Gasteiger charge is -2.26. The van der Waals surface area contributed by atoms with E-state index in [0.717, 1.165) is 36.8 Å². The molecule has 2 fully saturated rings. The number of hydrogen-bond acceptors (Lipinski definition) is 4. The fraction of sp³-hybridized carbons (Fsp3) is 0.314. The van der Waals surface area contributed by atoms with Gasteiger partial charge in [-0.15, -0.1) is 0 Å². The van der Waals surface area contributed by atoms with Gasteiger partial charge in [0.25, 0.3) is 0 Å². The van der Waals surface area contributed by atoms with Crippen LogP contribution in [0.2, 0.25) is 0 Å². The molecule has 0 unspecified atom stereocenters. The highest BCUT2D eigenvalue weighted by molar-refractivity contribution is 5.95. The first-order valence-electron chi connectivity index (χ1n) is 14.1. The first kappa shape index (κ1) is 25.4. The smallest absolute Gasteiger partial charge is 0.320 e. The van der Waals surface area contributed by atoms with Crippen LogP contribution in [0.4, 0.5) is 0 Å². The molecule has 0 saturated heterocycles. The van der Waals surface area contributed by atoms with E-state index in [4.69, 9.17) is 9.47 Å². The van der Waals surface area contributed by atoms with Crippen molar-refractivity contribution >= 4 is 22.7 Å². The summed E-state index contributed by atoms with van der Waals surface area (Å²) in [7, 11) is 0. The van der Waals surface area contributed by atoms with E-state index in [9.17, 15) is 9.59 Å². The third-order valence-corrected chi connectivity index (χ3v) is 8.87. The number of carbonyl (C=O) groups is 2. The zero-order valence-electron chi connectivity index (χ0n) is 22.1. The van der Waals surface area contributed by atoms with Crippen molar-refractivity contribution < 1.29 is 19.1 Å². The third-order valence-electron chi connectivity index (χ3n) is 8.87. The van der Waals surface area contributed by atoms with Crippen LogP contribution in [-0.2, 0) is 32.3 Å². The summed E-state index contributed by atoms with van der Waals surface area (Å²) in [5, 5.41) is 2.58. The molecule has 39 heavy (non-hydrogen) atoms. The zero-order valence-corrected chi connectivity index (χ0v) is 22.1. The molecule has 0 heterocycles. The van der Waals surface area contributed by atoms with Crippen molar-refractivity contribution in [2.75, 3.05) is 0 Å². The number of benzene rings is 4. The first-order chi connectivity index (χ1) is 19.2. The van der Waals surface area contributed by atoms with Gasteiger partial charge in [-0.1, -0.05) is 103 Å². The molecule has 4 nitrogen and oxygen atoms in total. The second-order valence-corrected chi connectivity index (χ2v) is 11.0. The Bertz CT molecular complexity index is 1370. The van der Waals surface area contributed by atoms with Gasteiger partial charge in [0.05, 0.1) is 0 Å². The molecule has 2 aliphatic carbocycles. The van der Waals surface area contributed by atoms with E-state index < -0.39 is 17.9 Å². The SMILES string of the molecule is O=C(OCc1ccccc1)C(C(=O)OCc1ccccc1)[C@@H]1CC[C@H]2[C@@H]1CC[C@@H]2c1cccc2ccccc12. The average Bonchev–Trinajstić information content (AvgIpc) is 3.59. The molecule has 4 atom stereocenters. The predicted octanol–water partition coefficient (Wildman–Crippen LogP) is 7.46. The summed E-state index contributed by atoms with van der Waals surface area (Å²) in [4.78, 5) is 27.1. The molecule has 0 N–H and O–H groups in total. The van der Waals surface area contributed by atoms with E-state index in [-0.39, 0.29) is 19.1 Å². The highest BCUT2D eigenvalue weighted by Gasteiger charge is 2.52. The van der Waals surface area contributed by atoms with Crippen molar-refractivity contribution in [3.05, 3.63) is 120 Å². The van der Waals surface area contributed by atoms with Crippen LogP contribution < -0.4 is 0 Å². The van der Waals surface area contributed by atoms with Gasteiger partial charge in [0.2, 0.25) is 0 Å². The molecule has 0 radical (unpaired) electrons. The van der Waals surface area contributed by atoms with Crippen LogP contribution in [0.5, 0.6) is 0 Å². The van der Waals surface area contributed by atoms with Crippen molar-refractivity contribution in [3.8, 4) is 0 Å². The maximum atomic E-state index is 13.5. The van der Waals surface area contributed by atoms with Gasteiger partial charge in [-0.05, 0) is 76.8 Å². The Morgan fingerprint density at radius 2 is 1.18 bits per heavy atom. The quantitative estimate of drug-likeness (QED) is 0.179. The molecule has 0 aromatic heterocycles. The number of rotatable bonds is 8. The topological polar surface area (TPSA) is 52.6 Å². The fourth-order valence-electron chi connectivity index (χ4n) is 7.10. The van der Waals surface area contributed by atoms with E-state index in [2.05, 4.69) is 42.5 Å². The summed E-state index contributed by atoms with van der Waals surface area (Å²) < 4.78 is 11.5. The van der Waals surface area contributed by atoms with E-state index in [1.165, 1.54) is 16.3 Å². The fourth-order valence-corrected chi connectivity index (χ4v) is 7.10. The molecular weight excluding hydrogens is 484 g/mol. The lowest BCUT2D eigenvalue weighted by Crippen LogP contribution is -2.36. The van der Waals surface area contributed by atoms with Crippen molar-refractivity contribution in [2.24, 2.45) is 23.7 Å². The minimum absolute atomic E-state index is 0.0680. The van der Waals surface area contributed by atoms with Crippen molar-refractivity contribution in [1.82, 2.24) is 0 Å². The normalized spacial score (nSPS) is 22.1. The van der Waals surface area contributed by atoms with Crippen LogP contribution >= 0.6 is 0 Å². The molecule has 4 aromatic rings. The van der Waals surface area contributed by atoms with Crippen LogP contribution in [0.25, 0.3) is 10.8 Å². The molecule has 4 aromatic carbocycles. The van der Waals surface area contributed by atoms with Crippen LogP contribution in [0.15, 0.2) is 103 Å². The van der Waals surface area contributed by atoms with Gasteiger partial charge < -0.3 is 9.47 Å². The standard InChI is InChI=1S/C35H34O4/c36-34(38-22-24-10-3-1-4-11-24)33(35(37)39-23-25-12-5-2-6-13-25)32-21-20-30-29(18-19-31(30)32)28-17-9-15-26-14-7-8-16-27(26)28/h1-17,29-33H,18-23H2/t29-,30-,31+,32-/m1/s1. The summed E-state index contributed by atoms with van der Waals surface area (Å²) in [5.41, 5.74) is 3.21. The molecular formula is C35H34O4. The minimum atomic E-state index is -0.904. The van der Waals surface area contributed by atoms with Gasteiger partial charge in [-0.25, -0.2) is 0 Å². The number of fused-ring (bicyclic) bond motifs is 2. The van der Waals surface area contributed by atoms with Crippen molar-refractivity contribution in [3.63, 3.8) is 0 Å². The Kier molecular flexibility index (Phi) is 7.44. The second kappa shape index (κ2) is 11.4. The van der Waals surface area contributed by atoms with E-state index in [0.29, 0.717) is 17.8 Å². The number of hydrogen-bond donors (Lipinski definition) is 0. The molecule has 2 aliphatic rings. The van der Waals surface area contributed by atoms with Gasteiger partial charge in [-0.2, -0.15) is 0 Å². The van der Waals surface area contributed by atoms with Gasteiger partial charge in [0.1, 0.15) is 13.2 Å². The van der Waals surface area contributed by atoms with Gasteiger partial charge in [-0.3, -0.25) is 9.59 Å². The van der Waals surface area contributed by atoms with Crippen molar-refractivity contribution in [2.45, 2.75) is 44.8 Å². The van der Waals surface area contributed by atoms with Gasteiger partial charge in [0.15, 0.2) is 5.92 Å². The van der Waals surface area contributed by atoms with Crippen LogP contribution in [-0.4, -0.2) is 11.9 Å². The third kappa shape index (κ3) is 5.34. The Morgan fingerprint density at radius 3 is 1.85 bits per heavy atom. The summed E-state index contributed by atoms with van der Waals surface area (Å²) >= 11 is 0. The maximum absolute atomic E-state index is 13.5. The Hall–Kier alpha value is -3.92. The Balaban J connectivity index is 1.23. The first-order valence-corrected chi connectivity index (χ1v) is 14.1. The lowest BCUT2D eigenvalue weighted by molar-refractivity contribution is -0.167. The molecule has 6 rings (SSSR count). The van der Waals surface area contributed by atoms with Crippen LogP contribution in [0.3, 0.4) is 0 Å². The van der Waals surface area contributed by atoms with E-state index in [1.54, 1.807) is 0 Å². The van der Waals surface area contributed by atoms with Crippen LogP contribution in [0.1, 0.15) is 48.3 Å². The highest BCUT2D eigenvalue weighted by atomic mass is 16.6. The number of carbonyl (C=O) groups excluding carboxylic acids is 2. The predicted molar refractivity (Wildman–Crippen MR) is 152 cm³/mol. The zero-order chi connectivity index (χ0) is 26.6. The Morgan fingerprint density at radius 1 is 0.615 bits per heavy atom. The Labute approximate surface area is 230 Å². The molecule has 0 spiro atoms.